The number of hydrogen-bond acceptors (Lipinski definition) is 3. The number of amides is 2. The topological polar surface area (TPSA) is 98.2 Å². The molecule has 113 valence electrons. The lowest BCUT2D eigenvalue weighted by Crippen LogP contribution is -2.42. The molecule has 0 heterocycles. The summed E-state index contributed by atoms with van der Waals surface area (Å²) < 4.78 is 0. The van der Waals surface area contributed by atoms with Crippen LogP contribution in [-0.2, 0) is 16.0 Å². The van der Waals surface area contributed by atoms with Crippen LogP contribution in [0.5, 0.6) is 0 Å². The molecule has 5 nitrogen and oxygen atoms in total. The van der Waals surface area contributed by atoms with Gasteiger partial charge in [0.05, 0.1) is 12.0 Å². The first-order valence-electron chi connectivity index (χ1n) is 7.34. The van der Waals surface area contributed by atoms with Crippen molar-refractivity contribution < 1.29 is 9.59 Å². The lowest BCUT2D eigenvalue weighted by atomic mass is 9.79. The number of unbranched alkanes of at least 4 members (excludes halogenated alkanes) is 1. The van der Waals surface area contributed by atoms with Crippen LogP contribution in [0, 0.1) is 12.3 Å². The van der Waals surface area contributed by atoms with E-state index >= 15 is 0 Å². The van der Waals surface area contributed by atoms with Gasteiger partial charge in [0.2, 0.25) is 11.8 Å². The lowest BCUT2D eigenvalue weighted by Gasteiger charge is -2.32. The summed E-state index contributed by atoms with van der Waals surface area (Å²) in [5.74, 6) is -0.889. The molecule has 2 unspecified atom stereocenters. The van der Waals surface area contributed by atoms with E-state index in [2.05, 4.69) is 5.32 Å². The summed E-state index contributed by atoms with van der Waals surface area (Å²) in [5.41, 5.74) is 13.1. The monoisotopic (exact) mass is 288 g/mol. The van der Waals surface area contributed by atoms with E-state index in [0.29, 0.717) is 19.4 Å². The zero-order valence-electron chi connectivity index (χ0n) is 12.0. The van der Waals surface area contributed by atoms with E-state index in [1.54, 1.807) is 6.42 Å². The van der Waals surface area contributed by atoms with Crippen LogP contribution in [-0.4, -0.2) is 18.4 Å². The van der Waals surface area contributed by atoms with Gasteiger partial charge >= 0.3 is 0 Å². The second-order valence-electron chi connectivity index (χ2n) is 5.37. The average Bonchev–Trinajstić information content (AvgIpc) is 2.47. The summed E-state index contributed by atoms with van der Waals surface area (Å²) in [5, 5.41) is 2.93. The molecule has 5 N–H and O–H groups in total. The fourth-order valence-electron chi connectivity index (χ4n) is 2.81. The van der Waals surface area contributed by atoms with E-state index in [0.717, 1.165) is 18.4 Å². The minimum atomic E-state index is -0.364. The van der Waals surface area contributed by atoms with Crippen molar-refractivity contribution in [3.63, 3.8) is 0 Å². The molecule has 1 aliphatic rings. The van der Waals surface area contributed by atoms with Crippen LogP contribution in [0.4, 0.5) is 0 Å². The summed E-state index contributed by atoms with van der Waals surface area (Å²) in [7, 11) is 0. The predicted octanol–water partition coefficient (Wildman–Crippen LogP) is 0.835. The van der Waals surface area contributed by atoms with Crippen LogP contribution < -0.4 is 16.8 Å². The molecule has 1 radical (unpaired) electrons. The van der Waals surface area contributed by atoms with Gasteiger partial charge in [0.1, 0.15) is 0 Å². The quantitative estimate of drug-likeness (QED) is 0.676. The molecule has 2 amide bonds. The highest BCUT2D eigenvalue weighted by atomic mass is 16.2. The third-order valence-electron chi connectivity index (χ3n) is 3.92. The van der Waals surface area contributed by atoms with Gasteiger partial charge in [-0.25, -0.2) is 0 Å². The highest BCUT2D eigenvalue weighted by Gasteiger charge is 2.33. The summed E-state index contributed by atoms with van der Waals surface area (Å²) >= 11 is 0. The van der Waals surface area contributed by atoms with E-state index < -0.39 is 0 Å². The molecule has 0 saturated carbocycles. The van der Waals surface area contributed by atoms with Gasteiger partial charge in [-0.05, 0) is 43.4 Å². The molecule has 2 atom stereocenters. The van der Waals surface area contributed by atoms with Crippen molar-refractivity contribution in [2.45, 2.75) is 31.7 Å². The summed E-state index contributed by atoms with van der Waals surface area (Å²) in [4.78, 5) is 23.7. The number of fused-ring (bicyclic) bond motifs is 1. The number of nitrogens with two attached hydrogens (primary N) is 2. The second kappa shape index (κ2) is 7.22. The van der Waals surface area contributed by atoms with Gasteiger partial charge in [-0.2, -0.15) is 0 Å². The van der Waals surface area contributed by atoms with Crippen LogP contribution in [0.2, 0.25) is 0 Å². The number of rotatable bonds is 6. The van der Waals surface area contributed by atoms with Crippen molar-refractivity contribution in [1.29, 1.82) is 0 Å². The van der Waals surface area contributed by atoms with Crippen molar-refractivity contribution in [3.05, 3.63) is 41.8 Å². The molecule has 1 aliphatic carbocycles. The molecule has 1 aromatic carbocycles. The van der Waals surface area contributed by atoms with E-state index in [9.17, 15) is 9.59 Å². The molecule has 0 bridgehead atoms. The maximum absolute atomic E-state index is 12.0. The molecule has 0 aromatic heterocycles. The highest BCUT2D eigenvalue weighted by molar-refractivity contribution is 5.86. The number of nitrogens with one attached hydrogen (secondary N) is 1. The van der Waals surface area contributed by atoms with Gasteiger partial charge in [-0.15, -0.1) is 0 Å². The van der Waals surface area contributed by atoms with Crippen LogP contribution in [0.25, 0.3) is 0 Å². The maximum atomic E-state index is 12.0. The Labute approximate surface area is 125 Å². The molecule has 0 spiro atoms. The SMILES string of the molecule is NCCC[CH]C(=O)NC1c2ccccc2CCC1C(N)=O. The fraction of sp³-hybridized carbons (Fsp3) is 0.438. The minimum Gasteiger partial charge on any atom is -0.369 e. The third-order valence-corrected chi connectivity index (χ3v) is 3.92. The largest absolute Gasteiger partial charge is 0.369 e. The average molecular weight is 288 g/mol. The smallest absolute Gasteiger partial charge is 0.224 e. The molecule has 2 rings (SSSR count). The van der Waals surface area contributed by atoms with Gasteiger partial charge in [-0.3, -0.25) is 9.59 Å². The Balaban J connectivity index is 2.12. The minimum absolute atomic E-state index is 0.170. The third kappa shape index (κ3) is 3.82. The van der Waals surface area contributed by atoms with Crippen LogP contribution in [0.3, 0.4) is 0 Å². The molecule has 0 aliphatic heterocycles. The van der Waals surface area contributed by atoms with E-state index in [1.165, 1.54) is 5.56 Å². The standard InChI is InChI=1S/C16H22N3O2/c17-10-4-3-7-14(20)19-15-12-6-2-1-5-11(12)8-9-13(15)16(18)21/h1-2,5-7,13,15H,3-4,8-10,17H2,(H2,18,21)(H,19,20). The van der Waals surface area contributed by atoms with Crippen molar-refractivity contribution in [3.8, 4) is 0 Å². The number of hydrogen-bond donors (Lipinski definition) is 3. The zero-order chi connectivity index (χ0) is 15.2. The molecule has 21 heavy (non-hydrogen) atoms. The lowest BCUT2D eigenvalue weighted by molar-refractivity contribution is -0.124. The van der Waals surface area contributed by atoms with Gasteiger partial charge in [0.25, 0.3) is 0 Å². The molecule has 0 saturated heterocycles. The number of carbonyl (C=O) groups is 2. The Morgan fingerprint density at radius 3 is 2.81 bits per heavy atom. The number of carbonyl (C=O) groups excluding carboxylic acids is 2. The second-order valence-corrected chi connectivity index (χ2v) is 5.37. The number of primary amides is 1. The van der Waals surface area contributed by atoms with Crippen molar-refractivity contribution in [2.75, 3.05) is 6.54 Å². The normalized spacial score (nSPS) is 20.6. The molecule has 5 heteroatoms. The first-order valence-corrected chi connectivity index (χ1v) is 7.34. The first-order chi connectivity index (χ1) is 10.1. The maximum Gasteiger partial charge on any atom is 0.224 e. The van der Waals surface area contributed by atoms with Crippen LogP contribution in [0.1, 0.15) is 36.4 Å². The molecule has 0 fully saturated rings. The number of aryl methyl sites for hydroxylation is 1. The van der Waals surface area contributed by atoms with E-state index in [4.69, 9.17) is 11.5 Å². The highest BCUT2D eigenvalue weighted by Crippen LogP contribution is 2.34. The molecular formula is C16H22N3O2. The molecular weight excluding hydrogens is 266 g/mol. The van der Waals surface area contributed by atoms with Crippen molar-refractivity contribution >= 4 is 11.8 Å². The Hall–Kier alpha value is -1.88. The Bertz CT molecular complexity index is 516. The van der Waals surface area contributed by atoms with Crippen molar-refractivity contribution in [1.82, 2.24) is 5.32 Å². The molecule has 1 aromatic rings. The van der Waals surface area contributed by atoms with Crippen LogP contribution >= 0.6 is 0 Å². The van der Waals surface area contributed by atoms with Crippen molar-refractivity contribution in [2.24, 2.45) is 17.4 Å². The van der Waals surface area contributed by atoms with E-state index in [1.807, 2.05) is 24.3 Å². The summed E-state index contributed by atoms with van der Waals surface area (Å²) in [6, 6.07) is 7.53. The fourth-order valence-corrected chi connectivity index (χ4v) is 2.81. The Morgan fingerprint density at radius 1 is 1.33 bits per heavy atom. The Kier molecular flexibility index (Phi) is 5.33. The van der Waals surface area contributed by atoms with Gasteiger partial charge < -0.3 is 16.8 Å². The Morgan fingerprint density at radius 2 is 2.10 bits per heavy atom. The van der Waals surface area contributed by atoms with E-state index in [-0.39, 0.29) is 23.8 Å². The number of benzene rings is 1. The predicted molar refractivity (Wildman–Crippen MR) is 80.9 cm³/mol. The zero-order valence-corrected chi connectivity index (χ0v) is 12.0. The summed E-state index contributed by atoms with van der Waals surface area (Å²) in [6.07, 6.45) is 4.47. The first kappa shape index (κ1) is 15.5. The van der Waals surface area contributed by atoms with Crippen LogP contribution in [0.15, 0.2) is 24.3 Å². The van der Waals surface area contributed by atoms with Gasteiger partial charge in [0.15, 0.2) is 0 Å². The van der Waals surface area contributed by atoms with Gasteiger partial charge in [-0.1, -0.05) is 24.3 Å². The van der Waals surface area contributed by atoms with Gasteiger partial charge in [0, 0.05) is 6.42 Å². The summed E-state index contributed by atoms with van der Waals surface area (Å²) in [6.45, 7) is 0.556.